The molecule has 1 N–H and O–H groups in total. The van der Waals surface area contributed by atoms with Gasteiger partial charge in [0.1, 0.15) is 5.60 Å². The van der Waals surface area contributed by atoms with Crippen molar-refractivity contribution in [2.24, 2.45) is 5.92 Å². The number of nitrogens with zero attached hydrogens (tertiary/aromatic N) is 1. The molecule has 0 saturated carbocycles. The largest absolute Gasteiger partial charge is 0.444 e. The van der Waals surface area contributed by atoms with Crippen LogP contribution in [-0.4, -0.2) is 35.2 Å². The van der Waals surface area contributed by atoms with Gasteiger partial charge in [0.05, 0.1) is 6.04 Å². The van der Waals surface area contributed by atoms with Crippen LogP contribution in [0.15, 0.2) is 30.3 Å². The number of likely N-dealkylation sites (tertiary alicyclic amines) is 1. The number of carbonyl (C=O) groups is 1. The molecule has 1 aliphatic heterocycles. The van der Waals surface area contributed by atoms with Crippen molar-refractivity contribution in [3.8, 4) is 0 Å². The molecule has 0 bridgehead atoms. The topological polar surface area (TPSA) is 41.6 Å². The van der Waals surface area contributed by atoms with Crippen molar-refractivity contribution in [3.05, 3.63) is 35.9 Å². The number of alkyl carbamates (subject to hydrolysis) is 1. The van der Waals surface area contributed by atoms with Crippen LogP contribution in [-0.2, 0) is 11.3 Å². The second-order valence-corrected chi connectivity index (χ2v) is 7.63. The van der Waals surface area contributed by atoms with Crippen molar-refractivity contribution in [1.29, 1.82) is 0 Å². The van der Waals surface area contributed by atoms with Gasteiger partial charge in [0.15, 0.2) is 0 Å². The Morgan fingerprint density at radius 3 is 2.52 bits per heavy atom. The molecule has 1 aromatic rings. The van der Waals surface area contributed by atoms with Crippen LogP contribution in [0, 0.1) is 5.92 Å². The minimum absolute atomic E-state index is 0.113. The van der Waals surface area contributed by atoms with E-state index in [1.807, 2.05) is 26.8 Å². The number of carbonyl (C=O) groups excluding carboxylic acids is 1. The average molecular weight is 318 g/mol. The molecule has 1 amide bonds. The predicted octanol–water partition coefficient (Wildman–Crippen LogP) is 3.81. The summed E-state index contributed by atoms with van der Waals surface area (Å²) in [5.41, 5.74) is 0.847. The number of rotatable bonds is 3. The zero-order valence-electron chi connectivity index (χ0n) is 15.0. The third-order valence-electron chi connectivity index (χ3n) is 4.49. The molecule has 0 aromatic heterocycles. The minimum atomic E-state index is -0.463. The lowest BCUT2D eigenvalue weighted by atomic mass is 9.87. The quantitative estimate of drug-likeness (QED) is 0.921. The third kappa shape index (κ3) is 5.24. The van der Waals surface area contributed by atoms with E-state index in [-0.39, 0.29) is 18.2 Å². The van der Waals surface area contributed by atoms with E-state index in [9.17, 15) is 4.79 Å². The van der Waals surface area contributed by atoms with Crippen LogP contribution in [0.3, 0.4) is 0 Å². The molecule has 1 aromatic carbocycles. The van der Waals surface area contributed by atoms with Gasteiger partial charge in [-0.15, -0.1) is 0 Å². The maximum Gasteiger partial charge on any atom is 0.407 e. The zero-order valence-corrected chi connectivity index (χ0v) is 15.0. The molecule has 23 heavy (non-hydrogen) atoms. The molecule has 0 spiro atoms. The fourth-order valence-electron chi connectivity index (χ4n) is 3.20. The fraction of sp³-hybridized carbons (Fsp3) is 0.632. The van der Waals surface area contributed by atoms with Gasteiger partial charge >= 0.3 is 6.09 Å². The zero-order chi connectivity index (χ0) is 17.0. The molecule has 0 unspecified atom stereocenters. The maximum absolute atomic E-state index is 12.1. The molecule has 4 nitrogen and oxygen atoms in total. The van der Waals surface area contributed by atoms with Crippen LogP contribution in [0.1, 0.15) is 46.6 Å². The van der Waals surface area contributed by atoms with Crippen LogP contribution >= 0.6 is 0 Å². The number of nitrogens with one attached hydrogen (secondary N) is 1. The van der Waals surface area contributed by atoms with Crippen molar-refractivity contribution in [1.82, 2.24) is 10.2 Å². The highest BCUT2D eigenvalue weighted by atomic mass is 16.6. The lowest BCUT2D eigenvalue weighted by Gasteiger charge is -2.43. The Labute approximate surface area is 140 Å². The summed E-state index contributed by atoms with van der Waals surface area (Å²) < 4.78 is 5.42. The van der Waals surface area contributed by atoms with Crippen molar-refractivity contribution < 1.29 is 9.53 Å². The minimum Gasteiger partial charge on any atom is -0.444 e. The van der Waals surface area contributed by atoms with Gasteiger partial charge in [-0.05, 0) is 52.1 Å². The highest BCUT2D eigenvalue weighted by Crippen LogP contribution is 2.25. The van der Waals surface area contributed by atoms with E-state index in [2.05, 4.69) is 48.3 Å². The van der Waals surface area contributed by atoms with Crippen LogP contribution in [0.25, 0.3) is 0 Å². The van der Waals surface area contributed by atoms with E-state index >= 15 is 0 Å². The summed E-state index contributed by atoms with van der Waals surface area (Å²) in [7, 11) is 0. The number of amides is 1. The second kappa shape index (κ2) is 7.35. The van der Waals surface area contributed by atoms with Gasteiger partial charge in [-0.1, -0.05) is 37.3 Å². The average Bonchev–Trinajstić information content (AvgIpc) is 2.46. The van der Waals surface area contributed by atoms with E-state index in [1.54, 1.807) is 0 Å². The Kier molecular flexibility index (Phi) is 5.69. The Hall–Kier alpha value is -1.55. The van der Waals surface area contributed by atoms with E-state index in [0.717, 1.165) is 19.5 Å². The Bertz CT molecular complexity index is 510. The number of benzene rings is 1. The third-order valence-corrected chi connectivity index (χ3v) is 4.49. The first-order valence-corrected chi connectivity index (χ1v) is 8.54. The molecule has 0 aliphatic carbocycles. The first-order chi connectivity index (χ1) is 10.8. The van der Waals surface area contributed by atoms with Crippen LogP contribution in [0.5, 0.6) is 0 Å². The molecular formula is C19H30N2O2. The monoisotopic (exact) mass is 318 g/mol. The first-order valence-electron chi connectivity index (χ1n) is 8.54. The van der Waals surface area contributed by atoms with Crippen molar-refractivity contribution >= 4 is 6.09 Å². The number of hydrogen-bond acceptors (Lipinski definition) is 3. The van der Waals surface area contributed by atoms with E-state index in [1.165, 1.54) is 5.56 Å². The summed E-state index contributed by atoms with van der Waals surface area (Å²) >= 11 is 0. The van der Waals surface area contributed by atoms with E-state index < -0.39 is 5.60 Å². The predicted molar refractivity (Wildman–Crippen MR) is 93.3 cm³/mol. The molecular weight excluding hydrogens is 288 g/mol. The summed E-state index contributed by atoms with van der Waals surface area (Å²) in [5.74, 6) is 0.449. The van der Waals surface area contributed by atoms with Gasteiger partial charge in [0, 0.05) is 12.6 Å². The Balaban J connectivity index is 1.99. The molecule has 1 aliphatic rings. The molecule has 0 radical (unpaired) electrons. The summed E-state index contributed by atoms with van der Waals surface area (Å²) in [4.78, 5) is 14.6. The van der Waals surface area contributed by atoms with Gasteiger partial charge in [0.2, 0.25) is 0 Å². The van der Waals surface area contributed by atoms with Gasteiger partial charge < -0.3 is 10.1 Å². The van der Waals surface area contributed by atoms with E-state index in [4.69, 9.17) is 4.74 Å². The fourth-order valence-corrected chi connectivity index (χ4v) is 3.20. The summed E-state index contributed by atoms with van der Waals surface area (Å²) in [6.45, 7) is 12.1. The molecule has 128 valence electrons. The van der Waals surface area contributed by atoms with Crippen molar-refractivity contribution in [3.63, 3.8) is 0 Å². The van der Waals surface area contributed by atoms with Crippen LogP contribution < -0.4 is 5.32 Å². The maximum atomic E-state index is 12.1. The number of piperidine rings is 1. The van der Waals surface area contributed by atoms with Gasteiger partial charge in [0.25, 0.3) is 0 Å². The molecule has 2 rings (SSSR count). The second-order valence-electron chi connectivity index (χ2n) is 7.63. The van der Waals surface area contributed by atoms with Crippen LogP contribution in [0.4, 0.5) is 4.79 Å². The smallest absolute Gasteiger partial charge is 0.407 e. The normalized spacial score (nSPS) is 25.9. The molecule has 3 atom stereocenters. The number of ether oxygens (including phenoxy) is 1. The van der Waals surface area contributed by atoms with Crippen molar-refractivity contribution in [2.45, 2.75) is 65.3 Å². The lowest BCUT2D eigenvalue weighted by Crippen LogP contribution is -2.57. The molecule has 1 fully saturated rings. The summed E-state index contributed by atoms with van der Waals surface area (Å²) in [6, 6.07) is 10.9. The molecule has 1 heterocycles. The highest BCUT2D eigenvalue weighted by Gasteiger charge is 2.34. The van der Waals surface area contributed by atoms with E-state index in [0.29, 0.717) is 5.92 Å². The first kappa shape index (κ1) is 17.8. The molecule has 1 saturated heterocycles. The SMILES string of the molecule is C[C@@H]1CCN(Cc2ccccc2)[C@@H](C)[C@@H]1NC(=O)OC(C)(C)C. The molecule has 4 heteroatoms. The summed E-state index contributed by atoms with van der Waals surface area (Å²) in [5, 5.41) is 3.09. The summed E-state index contributed by atoms with van der Waals surface area (Å²) in [6.07, 6.45) is 0.764. The van der Waals surface area contributed by atoms with Gasteiger partial charge in [-0.25, -0.2) is 4.79 Å². The standard InChI is InChI=1S/C19H30N2O2/c1-14-11-12-21(13-16-9-7-6-8-10-16)15(2)17(14)20-18(22)23-19(3,4)5/h6-10,14-15,17H,11-13H2,1-5H3,(H,20,22)/t14-,15+,17-/m1/s1. The van der Waals surface area contributed by atoms with Gasteiger partial charge in [-0.2, -0.15) is 0 Å². The number of hydrogen-bond donors (Lipinski definition) is 1. The van der Waals surface area contributed by atoms with Crippen LogP contribution in [0.2, 0.25) is 0 Å². The van der Waals surface area contributed by atoms with Gasteiger partial charge in [-0.3, -0.25) is 4.90 Å². The Morgan fingerprint density at radius 2 is 1.91 bits per heavy atom. The Morgan fingerprint density at radius 1 is 1.26 bits per heavy atom. The lowest BCUT2D eigenvalue weighted by molar-refractivity contribution is 0.0337. The van der Waals surface area contributed by atoms with Crippen molar-refractivity contribution in [2.75, 3.05) is 6.54 Å². The highest BCUT2D eigenvalue weighted by molar-refractivity contribution is 5.68.